The van der Waals surface area contributed by atoms with Crippen LogP contribution < -0.4 is 5.32 Å². The number of carbonyl (C=O) groups is 1. The highest BCUT2D eigenvalue weighted by Gasteiger charge is 2.13. The Kier molecular flexibility index (Phi) is 2.47. The molecule has 3 aromatic heterocycles. The molecule has 0 aliphatic carbocycles. The van der Waals surface area contributed by atoms with Gasteiger partial charge in [0.2, 0.25) is 0 Å². The Balaban J connectivity index is 1.74. The van der Waals surface area contributed by atoms with Crippen molar-refractivity contribution in [3.8, 4) is 0 Å². The highest BCUT2D eigenvalue weighted by molar-refractivity contribution is 6.08. The summed E-state index contributed by atoms with van der Waals surface area (Å²) < 4.78 is 1.75. The summed E-state index contributed by atoms with van der Waals surface area (Å²) in [6.45, 7) is 0. The third-order valence-electron chi connectivity index (χ3n) is 3.38. The largest absolute Gasteiger partial charge is 0.320 e. The number of hydrogen-bond donors (Lipinski definition) is 2. The van der Waals surface area contributed by atoms with E-state index in [1.807, 2.05) is 42.6 Å². The van der Waals surface area contributed by atoms with Crippen LogP contribution in [0.3, 0.4) is 0 Å². The average molecular weight is 277 g/mol. The number of aromatic amines is 1. The topological polar surface area (TPSA) is 75.1 Å². The molecule has 1 amide bonds. The number of benzene rings is 1. The molecule has 0 atom stereocenters. The second-order valence-corrected chi connectivity index (χ2v) is 4.66. The minimum Gasteiger partial charge on any atom is -0.320 e. The number of nitrogens with one attached hydrogen (secondary N) is 2. The molecule has 0 radical (unpaired) electrons. The number of pyridine rings is 1. The van der Waals surface area contributed by atoms with E-state index >= 15 is 0 Å². The fourth-order valence-electron chi connectivity index (χ4n) is 2.36. The van der Waals surface area contributed by atoms with Gasteiger partial charge >= 0.3 is 0 Å². The highest BCUT2D eigenvalue weighted by atomic mass is 16.1. The van der Waals surface area contributed by atoms with Crippen molar-refractivity contribution in [1.82, 2.24) is 19.6 Å². The van der Waals surface area contributed by atoms with Crippen LogP contribution in [-0.2, 0) is 0 Å². The Morgan fingerprint density at radius 1 is 1.14 bits per heavy atom. The zero-order valence-corrected chi connectivity index (χ0v) is 10.9. The first kappa shape index (κ1) is 11.7. The SMILES string of the molecule is O=C(Nc1cccc2[nH]ncc12)c1cnc2ccccn12. The van der Waals surface area contributed by atoms with Crippen LogP contribution in [0.4, 0.5) is 5.69 Å². The lowest BCUT2D eigenvalue weighted by Gasteiger charge is -2.06. The number of imidazole rings is 1. The Hall–Kier alpha value is -3.15. The van der Waals surface area contributed by atoms with Crippen LogP contribution in [0.2, 0.25) is 0 Å². The van der Waals surface area contributed by atoms with Gasteiger partial charge in [-0.05, 0) is 24.3 Å². The zero-order chi connectivity index (χ0) is 14.2. The summed E-state index contributed by atoms with van der Waals surface area (Å²) in [5.41, 5.74) is 2.83. The second kappa shape index (κ2) is 4.45. The standard InChI is InChI=1S/C15H11N5O/c21-15(13-9-16-14-6-1-2-7-20(13)14)18-11-4-3-5-12-10(11)8-17-19-12/h1-9H,(H,17,19)(H,18,21). The third kappa shape index (κ3) is 1.85. The molecular weight excluding hydrogens is 266 g/mol. The van der Waals surface area contributed by atoms with Gasteiger partial charge in [0.1, 0.15) is 11.3 Å². The van der Waals surface area contributed by atoms with Gasteiger partial charge in [-0.1, -0.05) is 12.1 Å². The first-order valence-corrected chi connectivity index (χ1v) is 6.48. The molecule has 4 aromatic rings. The van der Waals surface area contributed by atoms with E-state index < -0.39 is 0 Å². The molecule has 3 heterocycles. The van der Waals surface area contributed by atoms with Crippen molar-refractivity contribution in [3.63, 3.8) is 0 Å². The van der Waals surface area contributed by atoms with Crippen LogP contribution in [0.1, 0.15) is 10.5 Å². The molecule has 0 fully saturated rings. The first-order valence-electron chi connectivity index (χ1n) is 6.48. The van der Waals surface area contributed by atoms with Gasteiger partial charge in [-0.25, -0.2) is 4.98 Å². The zero-order valence-electron chi connectivity index (χ0n) is 10.9. The monoisotopic (exact) mass is 277 g/mol. The minimum atomic E-state index is -0.206. The Morgan fingerprint density at radius 2 is 2.10 bits per heavy atom. The Morgan fingerprint density at radius 3 is 3.05 bits per heavy atom. The maximum Gasteiger partial charge on any atom is 0.274 e. The van der Waals surface area contributed by atoms with Gasteiger partial charge < -0.3 is 5.32 Å². The van der Waals surface area contributed by atoms with Crippen molar-refractivity contribution >= 4 is 28.1 Å². The molecule has 21 heavy (non-hydrogen) atoms. The quantitative estimate of drug-likeness (QED) is 0.591. The summed E-state index contributed by atoms with van der Waals surface area (Å²) in [6, 6.07) is 11.2. The molecule has 0 aliphatic heterocycles. The lowest BCUT2D eigenvalue weighted by atomic mass is 10.2. The maximum absolute atomic E-state index is 12.5. The van der Waals surface area contributed by atoms with E-state index in [0.717, 1.165) is 22.2 Å². The summed E-state index contributed by atoms with van der Waals surface area (Å²) >= 11 is 0. The molecule has 0 bridgehead atoms. The number of carbonyl (C=O) groups excluding carboxylic acids is 1. The molecule has 4 rings (SSSR count). The molecule has 0 saturated carbocycles. The van der Waals surface area contributed by atoms with Crippen LogP contribution in [0, 0.1) is 0 Å². The number of amides is 1. The van der Waals surface area contributed by atoms with Crippen LogP contribution in [-0.4, -0.2) is 25.5 Å². The third-order valence-corrected chi connectivity index (χ3v) is 3.38. The highest BCUT2D eigenvalue weighted by Crippen LogP contribution is 2.21. The number of hydrogen-bond acceptors (Lipinski definition) is 3. The van der Waals surface area contributed by atoms with Crippen molar-refractivity contribution in [2.75, 3.05) is 5.32 Å². The van der Waals surface area contributed by atoms with Gasteiger partial charge in [-0.2, -0.15) is 5.10 Å². The number of aromatic nitrogens is 4. The Bertz CT molecular complexity index is 953. The molecule has 0 spiro atoms. The molecule has 6 heteroatoms. The van der Waals surface area contributed by atoms with Gasteiger partial charge in [-0.3, -0.25) is 14.3 Å². The first-order chi connectivity index (χ1) is 10.3. The lowest BCUT2D eigenvalue weighted by molar-refractivity contribution is 0.102. The van der Waals surface area contributed by atoms with Crippen molar-refractivity contribution < 1.29 is 4.79 Å². The molecule has 6 nitrogen and oxygen atoms in total. The van der Waals surface area contributed by atoms with Gasteiger partial charge in [0.25, 0.3) is 5.91 Å². The number of anilines is 1. The maximum atomic E-state index is 12.5. The predicted molar refractivity (Wildman–Crippen MR) is 79.2 cm³/mol. The summed E-state index contributed by atoms with van der Waals surface area (Å²) in [6.07, 6.45) is 5.08. The van der Waals surface area contributed by atoms with Crippen molar-refractivity contribution in [2.24, 2.45) is 0 Å². The average Bonchev–Trinajstić information content (AvgIpc) is 3.14. The summed E-state index contributed by atoms with van der Waals surface area (Å²) in [7, 11) is 0. The van der Waals surface area contributed by atoms with Crippen molar-refractivity contribution in [1.29, 1.82) is 0 Å². The smallest absolute Gasteiger partial charge is 0.274 e. The van der Waals surface area contributed by atoms with E-state index in [4.69, 9.17) is 0 Å². The molecule has 1 aromatic carbocycles. The minimum absolute atomic E-state index is 0.206. The van der Waals surface area contributed by atoms with Gasteiger partial charge in [0.15, 0.2) is 0 Å². The lowest BCUT2D eigenvalue weighted by Crippen LogP contribution is -2.14. The molecule has 0 unspecified atom stereocenters. The number of nitrogens with zero attached hydrogens (tertiary/aromatic N) is 3. The van der Waals surface area contributed by atoms with E-state index in [2.05, 4.69) is 20.5 Å². The predicted octanol–water partition coefficient (Wildman–Crippen LogP) is 2.46. The number of H-pyrrole nitrogens is 1. The number of rotatable bonds is 2. The van der Waals surface area contributed by atoms with E-state index in [0.29, 0.717) is 5.69 Å². The van der Waals surface area contributed by atoms with Crippen molar-refractivity contribution in [2.45, 2.75) is 0 Å². The fourth-order valence-corrected chi connectivity index (χ4v) is 2.36. The molecule has 102 valence electrons. The Labute approximate surface area is 119 Å². The molecule has 2 N–H and O–H groups in total. The van der Waals surface area contributed by atoms with Crippen LogP contribution in [0.15, 0.2) is 55.0 Å². The number of fused-ring (bicyclic) bond motifs is 2. The van der Waals surface area contributed by atoms with Crippen molar-refractivity contribution in [3.05, 3.63) is 60.7 Å². The van der Waals surface area contributed by atoms with Crippen LogP contribution in [0.25, 0.3) is 16.6 Å². The van der Waals surface area contributed by atoms with E-state index in [1.165, 1.54) is 0 Å². The van der Waals surface area contributed by atoms with E-state index in [1.54, 1.807) is 16.8 Å². The summed E-state index contributed by atoms with van der Waals surface area (Å²) in [5.74, 6) is -0.206. The fraction of sp³-hybridized carbons (Fsp3) is 0. The summed E-state index contributed by atoms with van der Waals surface area (Å²) in [4.78, 5) is 16.7. The molecular formula is C15H11N5O. The molecule has 0 saturated heterocycles. The van der Waals surface area contributed by atoms with Crippen LogP contribution >= 0.6 is 0 Å². The second-order valence-electron chi connectivity index (χ2n) is 4.66. The summed E-state index contributed by atoms with van der Waals surface area (Å²) in [5, 5.41) is 10.6. The van der Waals surface area contributed by atoms with Gasteiger partial charge in [0, 0.05) is 11.6 Å². The van der Waals surface area contributed by atoms with E-state index in [-0.39, 0.29) is 5.91 Å². The van der Waals surface area contributed by atoms with Crippen LogP contribution in [0.5, 0.6) is 0 Å². The van der Waals surface area contributed by atoms with Gasteiger partial charge in [-0.15, -0.1) is 0 Å². The van der Waals surface area contributed by atoms with E-state index in [9.17, 15) is 4.79 Å². The molecule has 0 aliphatic rings. The normalized spacial score (nSPS) is 11.0. The van der Waals surface area contributed by atoms with Gasteiger partial charge in [0.05, 0.1) is 23.6 Å².